The van der Waals surface area contributed by atoms with Gasteiger partial charge in [-0.3, -0.25) is 4.79 Å². The molecule has 3 aromatic carbocycles. The molecule has 4 rings (SSSR count). The van der Waals surface area contributed by atoms with Crippen LogP contribution in [0.5, 0.6) is 11.5 Å². The standard InChI is InChI=1S/C25H23FO4/c1-29-20-9-10-22(26)21(15-20)17-4-6-18(7-5-17)23-12-8-19-14-16(3-13-25(27)28)2-11-24(19)30-23/h2,4-7,9-11,14-15,23H,3,8,12-13H2,1H3,(H,27,28). The van der Waals surface area contributed by atoms with Gasteiger partial charge in [0.2, 0.25) is 0 Å². The van der Waals surface area contributed by atoms with E-state index in [4.69, 9.17) is 14.6 Å². The molecule has 1 aliphatic heterocycles. The number of carboxylic acid groups (broad SMARTS) is 1. The molecule has 1 aliphatic rings. The molecule has 0 amide bonds. The van der Waals surface area contributed by atoms with E-state index in [1.165, 1.54) is 6.07 Å². The third-order valence-electron chi connectivity index (χ3n) is 5.46. The Balaban J connectivity index is 1.49. The fraction of sp³-hybridized carbons (Fsp3) is 0.240. The summed E-state index contributed by atoms with van der Waals surface area (Å²) in [7, 11) is 1.56. The molecule has 0 aliphatic carbocycles. The third kappa shape index (κ3) is 4.30. The Bertz CT molecular complexity index is 1060. The predicted octanol–water partition coefficient (Wildman–Crippen LogP) is 5.58. The largest absolute Gasteiger partial charge is 0.497 e. The van der Waals surface area contributed by atoms with Crippen LogP contribution < -0.4 is 9.47 Å². The zero-order valence-corrected chi connectivity index (χ0v) is 16.7. The van der Waals surface area contributed by atoms with Gasteiger partial charge in [-0.05, 0) is 65.8 Å². The maximum atomic E-state index is 14.2. The number of hydrogen-bond acceptors (Lipinski definition) is 3. The van der Waals surface area contributed by atoms with Gasteiger partial charge in [-0.2, -0.15) is 0 Å². The molecular weight excluding hydrogens is 383 g/mol. The first-order valence-corrected chi connectivity index (χ1v) is 9.97. The second-order valence-electron chi connectivity index (χ2n) is 7.45. The van der Waals surface area contributed by atoms with Gasteiger partial charge in [0.05, 0.1) is 7.11 Å². The minimum absolute atomic E-state index is 0.0634. The predicted molar refractivity (Wildman–Crippen MR) is 112 cm³/mol. The van der Waals surface area contributed by atoms with Gasteiger partial charge in [0.1, 0.15) is 23.4 Å². The Kier molecular flexibility index (Phi) is 5.70. The number of carboxylic acids is 1. The summed E-state index contributed by atoms with van der Waals surface area (Å²) in [4.78, 5) is 10.8. The molecule has 5 heteroatoms. The number of rotatable bonds is 6. The Morgan fingerprint density at radius 3 is 2.67 bits per heavy atom. The highest BCUT2D eigenvalue weighted by Gasteiger charge is 2.22. The molecule has 30 heavy (non-hydrogen) atoms. The van der Waals surface area contributed by atoms with Crippen LogP contribution in [0.25, 0.3) is 11.1 Å². The van der Waals surface area contributed by atoms with Crippen molar-refractivity contribution in [3.63, 3.8) is 0 Å². The molecule has 0 radical (unpaired) electrons. The minimum atomic E-state index is -0.790. The molecular formula is C25H23FO4. The lowest BCUT2D eigenvalue weighted by molar-refractivity contribution is -0.136. The number of benzene rings is 3. The fourth-order valence-electron chi connectivity index (χ4n) is 3.81. The molecule has 0 aromatic heterocycles. The van der Waals surface area contributed by atoms with E-state index in [1.807, 2.05) is 42.5 Å². The lowest BCUT2D eigenvalue weighted by Crippen LogP contribution is -2.15. The van der Waals surface area contributed by atoms with Crippen molar-refractivity contribution >= 4 is 5.97 Å². The first kappa shape index (κ1) is 20.0. The molecule has 1 unspecified atom stereocenters. The number of aliphatic carboxylic acids is 1. The van der Waals surface area contributed by atoms with Crippen LogP contribution in [0.1, 0.15) is 35.6 Å². The van der Waals surface area contributed by atoms with E-state index >= 15 is 0 Å². The summed E-state index contributed by atoms with van der Waals surface area (Å²) in [5, 5.41) is 8.86. The summed E-state index contributed by atoms with van der Waals surface area (Å²) < 4.78 is 25.6. The van der Waals surface area contributed by atoms with E-state index in [2.05, 4.69) is 0 Å². The second-order valence-corrected chi connectivity index (χ2v) is 7.45. The zero-order valence-electron chi connectivity index (χ0n) is 16.7. The Morgan fingerprint density at radius 2 is 1.93 bits per heavy atom. The zero-order chi connectivity index (χ0) is 21.1. The highest BCUT2D eigenvalue weighted by molar-refractivity contribution is 5.67. The molecule has 154 valence electrons. The number of ether oxygens (including phenoxy) is 2. The number of hydrogen-bond donors (Lipinski definition) is 1. The van der Waals surface area contributed by atoms with Crippen LogP contribution >= 0.6 is 0 Å². The molecule has 3 aromatic rings. The average Bonchev–Trinajstić information content (AvgIpc) is 2.77. The average molecular weight is 406 g/mol. The van der Waals surface area contributed by atoms with Gasteiger partial charge in [-0.25, -0.2) is 4.39 Å². The first-order chi connectivity index (χ1) is 14.5. The molecule has 0 saturated carbocycles. The molecule has 1 atom stereocenters. The van der Waals surface area contributed by atoms with Crippen LogP contribution in [0.3, 0.4) is 0 Å². The second kappa shape index (κ2) is 8.57. The van der Waals surface area contributed by atoms with Crippen molar-refractivity contribution in [2.75, 3.05) is 7.11 Å². The van der Waals surface area contributed by atoms with Crippen molar-refractivity contribution in [2.45, 2.75) is 31.8 Å². The van der Waals surface area contributed by atoms with Crippen LogP contribution in [-0.4, -0.2) is 18.2 Å². The van der Waals surface area contributed by atoms with Crippen molar-refractivity contribution in [3.8, 4) is 22.6 Å². The van der Waals surface area contributed by atoms with Gasteiger partial charge in [0.25, 0.3) is 0 Å². The molecule has 0 saturated heterocycles. The van der Waals surface area contributed by atoms with Crippen molar-refractivity contribution in [2.24, 2.45) is 0 Å². The lowest BCUT2D eigenvalue weighted by Gasteiger charge is -2.27. The maximum Gasteiger partial charge on any atom is 0.303 e. The monoisotopic (exact) mass is 406 g/mol. The van der Waals surface area contributed by atoms with E-state index in [-0.39, 0.29) is 18.3 Å². The molecule has 0 bridgehead atoms. The summed E-state index contributed by atoms with van der Waals surface area (Å²) in [5.41, 5.74) is 4.47. The van der Waals surface area contributed by atoms with E-state index in [9.17, 15) is 9.18 Å². The quantitative estimate of drug-likeness (QED) is 0.580. The Hall–Kier alpha value is -3.34. The summed E-state index contributed by atoms with van der Waals surface area (Å²) in [6.45, 7) is 0. The van der Waals surface area contributed by atoms with Gasteiger partial charge >= 0.3 is 5.97 Å². The maximum absolute atomic E-state index is 14.2. The van der Waals surface area contributed by atoms with Gasteiger partial charge in [0.15, 0.2) is 0 Å². The SMILES string of the molecule is COc1ccc(F)c(-c2ccc(C3CCc4cc(CCC(=O)O)ccc4O3)cc2)c1. The summed E-state index contributed by atoms with van der Waals surface area (Å²) in [6, 6.07) is 18.4. The number of carbonyl (C=O) groups is 1. The van der Waals surface area contributed by atoms with Crippen LogP contribution in [0.4, 0.5) is 4.39 Å². The highest BCUT2D eigenvalue weighted by atomic mass is 19.1. The summed E-state index contributed by atoms with van der Waals surface area (Å²) in [6.07, 6.45) is 2.29. The first-order valence-electron chi connectivity index (χ1n) is 9.97. The summed E-state index contributed by atoms with van der Waals surface area (Å²) in [5.74, 6) is 0.380. The molecule has 1 heterocycles. The number of aryl methyl sites for hydroxylation is 2. The third-order valence-corrected chi connectivity index (χ3v) is 5.46. The van der Waals surface area contributed by atoms with Crippen molar-refractivity contribution in [3.05, 3.63) is 83.2 Å². The van der Waals surface area contributed by atoms with E-state index in [0.29, 0.717) is 17.7 Å². The van der Waals surface area contributed by atoms with Gasteiger partial charge in [-0.1, -0.05) is 36.4 Å². The normalized spacial score (nSPS) is 15.2. The van der Waals surface area contributed by atoms with Crippen LogP contribution in [0.15, 0.2) is 60.7 Å². The molecule has 4 nitrogen and oxygen atoms in total. The van der Waals surface area contributed by atoms with E-state index in [0.717, 1.165) is 40.8 Å². The summed E-state index contributed by atoms with van der Waals surface area (Å²) >= 11 is 0. The molecule has 1 N–H and O–H groups in total. The Morgan fingerprint density at radius 1 is 1.13 bits per heavy atom. The van der Waals surface area contributed by atoms with Crippen LogP contribution in [0, 0.1) is 5.82 Å². The van der Waals surface area contributed by atoms with Crippen molar-refractivity contribution in [1.29, 1.82) is 0 Å². The van der Waals surface area contributed by atoms with Gasteiger partial charge in [-0.15, -0.1) is 0 Å². The van der Waals surface area contributed by atoms with Gasteiger partial charge < -0.3 is 14.6 Å². The van der Waals surface area contributed by atoms with Crippen molar-refractivity contribution in [1.82, 2.24) is 0 Å². The smallest absolute Gasteiger partial charge is 0.303 e. The molecule has 0 fully saturated rings. The number of methoxy groups -OCH3 is 1. The lowest BCUT2D eigenvalue weighted by atomic mass is 9.94. The number of halogens is 1. The Labute approximate surface area is 174 Å². The van der Waals surface area contributed by atoms with Crippen molar-refractivity contribution < 1.29 is 23.8 Å². The van der Waals surface area contributed by atoms with E-state index < -0.39 is 5.97 Å². The van der Waals surface area contributed by atoms with Gasteiger partial charge in [0, 0.05) is 12.0 Å². The molecule has 0 spiro atoms. The van der Waals surface area contributed by atoms with Crippen LogP contribution in [-0.2, 0) is 17.6 Å². The van der Waals surface area contributed by atoms with E-state index in [1.54, 1.807) is 19.2 Å². The van der Waals surface area contributed by atoms with Crippen LogP contribution in [0.2, 0.25) is 0 Å². The minimum Gasteiger partial charge on any atom is -0.497 e. The topological polar surface area (TPSA) is 55.8 Å². The highest BCUT2D eigenvalue weighted by Crippen LogP contribution is 2.36. The fourth-order valence-corrected chi connectivity index (χ4v) is 3.81. The number of fused-ring (bicyclic) bond motifs is 1.